The van der Waals surface area contributed by atoms with Crippen molar-refractivity contribution in [2.45, 2.75) is 25.3 Å². The normalized spacial score (nSPS) is 22.3. The minimum Gasteiger partial charge on any atom is -0.345 e. The zero-order valence-electron chi connectivity index (χ0n) is 13.7. The maximum atomic E-state index is 12.5. The molecule has 1 saturated carbocycles. The van der Waals surface area contributed by atoms with E-state index >= 15 is 0 Å². The predicted octanol–water partition coefficient (Wildman–Crippen LogP) is 0.625. The third kappa shape index (κ3) is 3.87. The first kappa shape index (κ1) is 15.5. The average molecular weight is 305 g/mol. The van der Waals surface area contributed by atoms with Crippen molar-refractivity contribution in [3.8, 4) is 0 Å². The molecule has 1 aliphatic heterocycles. The molecule has 1 N–H and O–H groups in total. The molecule has 1 unspecified atom stereocenters. The number of hydrogen-bond donors (Lipinski definition) is 1. The Bertz CT molecular complexity index is 510. The molecular formula is C16H27N5O. The van der Waals surface area contributed by atoms with Crippen molar-refractivity contribution in [3.63, 3.8) is 0 Å². The summed E-state index contributed by atoms with van der Waals surface area (Å²) >= 11 is 0. The third-order valence-corrected chi connectivity index (χ3v) is 4.73. The summed E-state index contributed by atoms with van der Waals surface area (Å²) in [6.45, 7) is 4.64. The van der Waals surface area contributed by atoms with Crippen molar-refractivity contribution >= 4 is 5.91 Å². The van der Waals surface area contributed by atoms with E-state index in [0.717, 1.165) is 38.4 Å². The van der Waals surface area contributed by atoms with E-state index in [0.29, 0.717) is 12.5 Å². The van der Waals surface area contributed by atoms with Crippen LogP contribution in [0.2, 0.25) is 0 Å². The van der Waals surface area contributed by atoms with Gasteiger partial charge in [0.1, 0.15) is 5.82 Å². The number of aryl methyl sites for hydroxylation is 1. The van der Waals surface area contributed by atoms with Crippen LogP contribution < -0.4 is 5.32 Å². The van der Waals surface area contributed by atoms with Gasteiger partial charge < -0.3 is 14.8 Å². The van der Waals surface area contributed by atoms with Gasteiger partial charge in [-0.25, -0.2) is 4.98 Å². The Morgan fingerprint density at radius 1 is 1.32 bits per heavy atom. The largest absolute Gasteiger partial charge is 0.345 e. The molecule has 1 amide bonds. The Hall–Kier alpha value is -1.40. The zero-order chi connectivity index (χ0) is 15.5. The number of nitrogens with zero attached hydrogens (tertiary/aromatic N) is 4. The van der Waals surface area contributed by atoms with E-state index in [1.165, 1.54) is 12.8 Å². The molecule has 2 aliphatic rings. The van der Waals surface area contributed by atoms with Crippen molar-refractivity contribution in [2.75, 3.05) is 39.8 Å². The molecule has 0 bridgehead atoms. The molecule has 6 heteroatoms. The maximum absolute atomic E-state index is 12.5. The van der Waals surface area contributed by atoms with E-state index in [1.807, 2.05) is 24.0 Å². The molecule has 122 valence electrons. The van der Waals surface area contributed by atoms with Crippen LogP contribution in [0.5, 0.6) is 0 Å². The molecular weight excluding hydrogens is 278 g/mol. The van der Waals surface area contributed by atoms with E-state index in [4.69, 9.17) is 0 Å². The van der Waals surface area contributed by atoms with Crippen molar-refractivity contribution < 1.29 is 4.79 Å². The second kappa shape index (κ2) is 6.79. The zero-order valence-corrected chi connectivity index (χ0v) is 13.7. The van der Waals surface area contributed by atoms with Crippen LogP contribution in [0.1, 0.15) is 31.1 Å². The first-order valence-corrected chi connectivity index (χ1v) is 8.31. The lowest BCUT2D eigenvalue weighted by atomic mass is 10.1. The van der Waals surface area contributed by atoms with Crippen LogP contribution in [-0.4, -0.2) is 65.0 Å². The minimum atomic E-state index is 0.0714. The lowest BCUT2D eigenvalue weighted by molar-refractivity contribution is -0.123. The molecule has 3 rings (SSSR count). The van der Waals surface area contributed by atoms with Crippen LogP contribution in [0.25, 0.3) is 0 Å². The molecule has 2 heterocycles. The number of rotatable bonds is 5. The molecule has 1 aliphatic carbocycles. The van der Waals surface area contributed by atoms with Crippen LogP contribution in [0.3, 0.4) is 0 Å². The van der Waals surface area contributed by atoms with E-state index in [9.17, 15) is 4.79 Å². The van der Waals surface area contributed by atoms with Crippen LogP contribution in [0.15, 0.2) is 12.4 Å². The number of imidazole rings is 1. The first-order chi connectivity index (χ1) is 10.6. The highest BCUT2D eigenvalue weighted by molar-refractivity contribution is 5.78. The van der Waals surface area contributed by atoms with Gasteiger partial charge in [-0.15, -0.1) is 0 Å². The fourth-order valence-corrected chi connectivity index (χ4v) is 3.18. The Morgan fingerprint density at radius 2 is 2.14 bits per heavy atom. The fourth-order valence-electron chi connectivity index (χ4n) is 3.18. The van der Waals surface area contributed by atoms with Gasteiger partial charge in [0, 0.05) is 32.5 Å². The van der Waals surface area contributed by atoms with E-state index in [2.05, 4.69) is 27.1 Å². The Balaban J connectivity index is 1.56. The molecule has 1 atom stereocenters. The van der Waals surface area contributed by atoms with Crippen molar-refractivity contribution in [2.24, 2.45) is 13.0 Å². The lowest BCUT2D eigenvalue weighted by Gasteiger charge is -2.22. The van der Waals surface area contributed by atoms with Gasteiger partial charge in [-0.2, -0.15) is 0 Å². The average Bonchev–Trinajstić information content (AvgIpc) is 3.26. The molecule has 0 aromatic carbocycles. The quantitative estimate of drug-likeness (QED) is 0.867. The summed E-state index contributed by atoms with van der Waals surface area (Å²) in [4.78, 5) is 21.5. The van der Waals surface area contributed by atoms with Crippen molar-refractivity contribution in [3.05, 3.63) is 18.2 Å². The Morgan fingerprint density at radius 3 is 2.82 bits per heavy atom. The highest BCUT2D eigenvalue weighted by atomic mass is 16.2. The molecule has 1 aromatic heterocycles. The number of aromatic nitrogens is 2. The summed E-state index contributed by atoms with van der Waals surface area (Å²) in [7, 11) is 4.14. The second-order valence-electron chi connectivity index (χ2n) is 6.71. The fraction of sp³-hybridized carbons (Fsp3) is 0.750. The number of hydrogen-bond acceptors (Lipinski definition) is 4. The minimum absolute atomic E-state index is 0.0714. The number of nitrogens with one attached hydrogen (secondary N) is 1. The molecule has 2 fully saturated rings. The van der Waals surface area contributed by atoms with Crippen LogP contribution in [-0.2, 0) is 11.8 Å². The molecule has 0 spiro atoms. The summed E-state index contributed by atoms with van der Waals surface area (Å²) < 4.78 is 2.02. The topological polar surface area (TPSA) is 53.4 Å². The number of amides is 1. The summed E-state index contributed by atoms with van der Waals surface area (Å²) in [5.74, 6) is 1.66. The van der Waals surface area contributed by atoms with E-state index in [-0.39, 0.29) is 11.9 Å². The van der Waals surface area contributed by atoms with Gasteiger partial charge in [0.15, 0.2) is 0 Å². The van der Waals surface area contributed by atoms with Gasteiger partial charge in [0.2, 0.25) is 5.91 Å². The molecule has 1 saturated heterocycles. The SMILES string of the molecule is CN1CCCN(CC(=O)NC(c2nccn2C)C2CC2)CC1. The maximum Gasteiger partial charge on any atom is 0.234 e. The number of carbonyl (C=O) groups excluding carboxylic acids is 1. The Labute approximate surface area is 132 Å². The Kier molecular flexibility index (Phi) is 4.78. The number of likely N-dealkylation sites (N-methyl/N-ethyl adjacent to an activating group) is 1. The number of carbonyl (C=O) groups is 1. The van der Waals surface area contributed by atoms with Gasteiger partial charge in [0.05, 0.1) is 12.6 Å². The monoisotopic (exact) mass is 305 g/mol. The summed E-state index contributed by atoms with van der Waals surface area (Å²) in [5, 5.41) is 3.22. The molecule has 6 nitrogen and oxygen atoms in total. The highest BCUT2D eigenvalue weighted by Gasteiger charge is 2.35. The van der Waals surface area contributed by atoms with Gasteiger partial charge in [-0.05, 0) is 45.3 Å². The molecule has 0 radical (unpaired) electrons. The predicted molar refractivity (Wildman–Crippen MR) is 85.4 cm³/mol. The van der Waals surface area contributed by atoms with Gasteiger partial charge in [0.25, 0.3) is 0 Å². The van der Waals surface area contributed by atoms with E-state index in [1.54, 1.807) is 0 Å². The summed E-state index contributed by atoms with van der Waals surface area (Å²) in [6, 6.07) is 0.0714. The van der Waals surface area contributed by atoms with Crippen LogP contribution >= 0.6 is 0 Å². The van der Waals surface area contributed by atoms with Gasteiger partial charge >= 0.3 is 0 Å². The highest BCUT2D eigenvalue weighted by Crippen LogP contribution is 2.40. The van der Waals surface area contributed by atoms with Gasteiger partial charge in [-0.3, -0.25) is 9.69 Å². The second-order valence-corrected chi connectivity index (χ2v) is 6.71. The lowest BCUT2D eigenvalue weighted by Crippen LogP contribution is -2.41. The third-order valence-electron chi connectivity index (χ3n) is 4.73. The first-order valence-electron chi connectivity index (χ1n) is 8.31. The summed E-state index contributed by atoms with van der Waals surface area (Å²) in [5.41, 5.74) is 0. The van der Waals surface area contributed by atoms with Crippen molar-refractivity contribution in [1.82, 2.24) is 24.7 Å². The van der Waals surface area contributed by atoms with Crippen LogP contribution in [0.4, 0.5) is 0 Å². The van der Waals surface area contributed by atoms with E-state index < -0.39 is 0 Å². The standard InChI is InChI=1S/C16H27N5O/c1-19-7-3-8-21(11-10-19)12-14(22)18-15(13-4-5-13)16-17-6-9-20(16)2/h6,9,13,15H,3-5,7-8,10-12H2,1-2H3,(H,18,22). The van der Waals surface area contributed by atoms with Crippen LogP contribution in [0, 0.1) is 5.92 Å². The summed E-state index contributed by atoms with van der Waals surface area (Å²) in [6.07, 6.45) is 7.26. The van der Waals surface area contributed by atoms with Gasteiger partial charge in [-0.1, -0.05) is 0 Å². The molecule has 22 heavy (non-hydrogen) atoms. The van der Waals surface area contributed by atoms with Crippen molar-refractivity contribution in [1.29, 1.82) is 0 Å². The smallest absolute Gasteiger partial charge is 0.234 e. The molecule has 1 aromatic rings.